The first-order valence-electron chi connectivity index (χ1n) is 8.21. The molecule has 112 valence electrons. The number of thioether (sulfide) groups is 1. The first kappa shape index (κ1) is 15.9. The van der Waals surface area contributed by atoms with Gasteiger partial charge in [-0.1, -0.05) is 44.4 Å². The van der Waals surface area contributed by atoms with Gasteiger partial charge >= 0.3 is 0 Å². The van der Waals surface area contributed by atoms with Crippen molar-refractivity contribution in [2.75, 3.05) is 12.3 Å². The van der Waals surface area contributed by atoms with Crippen LogP contribution in [0.4, 0.5) is 0 Å². The minimum atomic E-state index is 0.777. The second-order valence-corrected chi connectivity index (χ2v) is 7.34. The maximum absolute atomic E-state index is 5.99. The van der Waals surface area contributed by atoms with Crippen LogP contribution in [-0.4, -0.2) is 12.3 Å². The predicted octanol–water partition coefficient (Wildman–Crippen LogP) is 4.96. The molecule has 1 saturated carbocycles. The minimum Gasteiger partial charge on any atom is -0.330 e. The summed E-state index contributed by atoms with van der Waals surface area (Å²) in [6.45, 7) is 3.20. The van der Waals surface area contributed by atoms with Crippen molar-refractivity contribution in [2.24, 2.45) is 23.5 Å². The Kier molecular flexibility index (Phi) is 6.95. The van der Waals surface area contributed by atoms with E-state index in [1.165, 1.54) is 49.2 Å². The Labute approximate surface area is 128 Å². The summed E-state index contributed by atoms with van der Waals surface area (Å²) in [4.78, 5) is 1.40. The molecule has 3 unspecified atom stereocenters. The van der Waals surface area contributed by atoms with Crippen LogP contribution in [-0.2, 0) is 0 Å². The molecule has 3 atom stereocenters. The average molecular weight is 292 g/mol. The molecule has 2 heteroatoms. The van der Waals surface area contributed by atoms with E-state index in [-0.39, 0.29) is 0 Å². The van der Waals surface area contributed by atoms with Crippen molar-refractivity contribution >= 4 is 11.8 Å². The second-order valence-electron chi connectivity index (χ2n) is 6.17. The third-order valence-electron chi connectivity index (χ3n) is 4.75. The zero-order valence-electron chi connectivity index (χ0n) is 12.8. The van der Waals surface area contributed by atoms with E-state index < -0.39 is 0 Å². The molecule has 0 radical (unpaired) electrons. The molecular formula is C18H29NS. The van der Waals surface area contributed by atoms with E-state index in [2.05, 4.69) is 37.3 Å². The van der Waals surface area contributed by atoms with E-state index in [9.17, 15) is 0 Å². The van der Waals surface area contributed by atoms with Crippen molar-refractivity contribution in [3.05, 3.63) is 30.3 Å². The Morgan fingerprint density at radius 2 is 1.90 bits per heavy atom. The normalized spacial score (nSPS) is 26.6. The van der Waals surface area contributed by atoms with Crippen molar-refractivity contribution in [1.82, 2.24) is 0 Å². The van der Waals surface area contributed by atoms with Crippen LogP contribution < -0.4 is 5.73 Å². The maximum Gasteiger partial charge on any atom is 0.00719 e. The van der Waals surface area contributed by atoms with Crippen molar-refractivity contribution in [3.63, 3.8) is 0 Å². The average Bonchev–Trinajstić information content (AvgIpc) is 2.49. The minimum absolute atomic E-state index is 0.777. The highest BCUT2D eigenvalue weighted by molar-refractivity contribution is 7.99. The van der Waals surface area contributed by atoms with Gasteiger partial charge in [-0.25, -0.2) is 0 Å². The van der Waals surface area contributed by atoms with Crippen LogP contribution in [0.15, 0.2) is 35.2 Å². The van der Waals surface area contributed by atoms with Crippen LogP contribution in [0, 0.1) is 17.8 Å². The van der Waals surface area contributed by atoms with Crippen LogP contribution in [0.5, 0.6) is 0 Å². The lowest BCUT2D eigenvalue weighted by molar-refractivity contribution is 0.173. The molecule has 1 nitrogen and oxygen atoms in total. The molecule has 20 heavy (non-hydrogen) atoms. The molecule has 0 spiro atoms. The quantitative estimate of drug-likeness (QED) is 0.719. The molecular weight excluding hydrogens is 262 g/mol. The van der Waals surface area contributed by atoms with Gasteiger partial charge in [-0.15, -0.1) is 11.8 Å². The lowest BCUT2D eigenvalue weighted by atomic mass is 9.72. The summed E-state index contributed by atoms with van der Waals surface area (Å²) in [6, 6.07) is 10.8. The fourth-order valence-electron chi connectivity index (χ4n) is 3.60. The predicted molar refractivity (Wildman–Crippen MR) is 90.1 cm³/mol. The van der Waals surface area contributed by atoms with E-state index in [4.69, 9.17) is 5.73 Å². The van der Waals surface area contributed by atoms with Gasteiger partial charge in [0.1, 0.15) is 0 Å². The lowest BCUT2D eigenvalue weighted by Gasteiger charge is -2.35. The molecule has 0 aliphatic heterocycles. The lowest BCUT2D eigenvalue weighted by Crippen LogP contribution is -2.30. The molecule has 1 aliphatic carbocycles. The van der Waals surface area contributed by atoms with Gasteiger partial charge in [0.15, 0.2) is 0 Å². The second kappa shape index (κ2) is 8.74. The van der Waals surface area contributed by atoms with Gasteiger partial charge in [-0.3, -0.25) is 0 Å². The zero-order chi connectivity index (χ0) is 14.2. The summed E-state index contributed by atoms with van der Waals surface area (Å²) in [6.07, 6.45) is 8.29. The van der Waals surface area contributed by atoms with Gasteiger partial charge < -0.3 is 5.73 Å². The molecule has 1 aliphatic rings. The summed E-state index contributed by atoms with van der Waals surface area (Å²) < 4.78 is 0. The molecule has 2 N–H and O–H groups in total. The third kappa shape index (κ3) is 4.82. The van der Waals surface area contributed by atoms with E-state index >= 15 is 0 Å². The molecule has 2 rings (SSSR count). The Morgan fingerprint density at radius 3 is 2.60 bits per heavy atom. The molecule has 0 saturated heterocycles. The first-order chi connectivity index (χ1) is 9.83. The van der Waals surface area contributed by atoms with Crippen LogP contribution in [0.3, 0.4) is 0 Å². The van der Waals surface area contributed by atoms with Gasteiger partial charge in [0.2, 0.25) is 0 Å². The number of rotatable bonds is 7. The van der Waals surface area contributed by atoms with Crippen molar-refractivity contribution < 1.29 is 0 Å². The van der Waals surface area contributed by atoms with Gasteiger partial charge in [-0.2, -0.15) is 0 Å². The topological polar surface area (TPSA) is 26.0 Å². The number of benzene rings is 1. The monoisotopic (exact) mass is 291 g/mol. The van der Waals surface area contributed by atoms with Crippen LogP contribution in [0.2, 0.25) is 0 Å². The zero-order valence-corrected chi connectivity index (χ0v) is 13.6. The summed E-state index contributed by atoms with van der Waals surface area (Å²) in [7, 11) is 0. The van der Waals surface area contributed by atoms with E-state index in [1.54, 1.807) is 0 Å². The van der Waals surface area contributed by atoms with Gasteiger partial charge in [-0.05, 0) is 61.4 Å². The molecule has 0 heterocycles. The molecule has 0 amide bonds. The number of nitrogens with two attached hydrogens (primary N) is 1. The molecule has 1 aromatic carbocycles. The highest BCUT2D eigenvalue weighted by atomic mass is 32.2. The van der Waals surface area contributed by atoms with Gasteiger partial charge in [0, 0.05) is 4.90 Å². The maximum atomic E-state index is 5.99. The number of hydrogen-bond donors (Lipinski definition) is 1. The molecule has 0 bridgehead atoms. The van der Waals surface area contributed by atoms with Crippen molar-refractivity contribution in [1.29, 1.82) is 0 Å². The van der Waals surface area contributed by atoms with Crippen LogP contribution >= 0.6 is 11.8 Å². The first-order valence-corrected chi connectivity index (χ1v) is 9.20. The van der Waals surface area contributed by atoms with Gasteiger partial charge in [0.05, 0.1) is 0 Å². The highest BCUT2D eigenvalue weighted by Crippen LogP contribution is 2.38. The van der Waals surface area contributed by atoms with Gasteiger partial charge in [0.25, 0.3) is 0 Å². The number of hydrogen-bond acceptors (Lipinski definition) is 2. The Balaban J connectivity index is 1.79. The third-order valence-corrected chi connectivity index (χ3v) is 5.79. The fourth-order valence-corrected chi connectivity index (χ4v) is 4.61. The van der Waals surface area contributed by atoms with E-state index in [0.717, 1.165) is 24.3 Å². The Hall–Kier alpha value is -0.470. The SMILES string of the molecule is CCCC1CCC(CN)C(CCSc2ccccc2)C1. The summed E-state index contributed by atoms with van der Waals surface area (Å²) in [5.41, 5.74) is 5.99. The Bertz CT molecular complexity index is 365. The molecule has 0 aromatic heterocycles. The summed E-state index contributed by atoms with van der Waals surface area (Å²) in [5, 5.41) is 0. The van der Waals surface area contributed by atoms with Crippen LogP contribution in [0.25, 0.3) is 0 Å². The molecule has 1 aromatic rings. The van der Waals surface area contributed by atoms with E-state index in [0.29, 0.717) is 0 Å². The molecule has 1 fully saturated rings. The Morgan fingerprint density at radius 1 is 1.10 bits per heavy atom. The summed E-state index contributed by atoms with van der Waals surface area (Å²) in [5.74, 6) is 3.85. The smallest absolute Gasteiger partial charge is 0.00719 e. The standard InChI is InChI=1S/C18H29NS/c1-2-6-15-9-10-17(14-19)16(13-15)11-12-20-18-7-4-3-5-8-18/h3-5,7-8,15-17H,2,6,9-14,19H2,1H3. The van der Waals surface area contributed by atoms with Crippen molar-refractivity contribution in [3.8, 4) is 0 Å². The summed E-state index contributed by atoms with van der Waals surface area (Å²) >= 11 is 2.00. The fraction of sp³-hybridized carbons (Fsp3) is 0.667. The highest BCUT2D eigenvalue weighted by Gasteiger charge is 2.28. The van der Waals surface area contributed by atoms with E-state index in [1.807, 2.05) is 11.8 Å². The largest absolute Gasteiger partial charge is 0.330 e. The van der Waals surface area contributed by atoms with Crippen molar-refractivity contribution in [2.45, 2.75) is 50.3 Å². The van der Waals surface area contributed by atoms with Crippen LogP contribution in [0.1, 0.15) is 45.4 Å².